The van der Waals surface area contributed by atoms with Gasteiger partial charge in [-0.05, 0) is 6.42 Å². The fourth-order valence-corrected chi connectivity index (χ4v) is 5.30. The highest BCUT2D eigenvalue weighted by Crippen LogP contribution is 2.41. The summed E-state index contributed by atoms with van der Waals surface area (Å²) in [6.45, 7) is 2.43. The number of fused-ring (bicyclic) bond motifs is 1. The number of thioether (sulfide) groups is 1. The van der Waals surface area contributed by atoms with Gasteiger partial charge >= 0.3 is 18.0 Å². The number of nitrogens with two attached hydrogens (primary N) is 2. The number of anilines is 1. The van der Waals surface area contributed by atoms with E-state index >= 15 is 0 Å². The van der Waals surface area contributed by atoms with Gasteiger partial charge in [0.2, 0.25) is 6.79 Å². The second kappa shape index (κ2) is 11.9. The minimum atomic E-state index is -1.06. The van der Waals surface area contributed by atoms with Crippen LogP contribution in [0.1, 0.15) is 32.4 Å². The molecule has 36 heavy (non-hydrogen) atoms. The molecule has 2 atom stereocenters. The number of hydrogen-bond acceptors (Lipinski definition) is 12. The molecule has 3 rings (SSSR count). The number of thiazole rings is 1. The van der Waals surface area contributed by atoms with Crippen LogP contribution in [0.2, 0.25) is 0 Å². The van der Waals surface area contributed by atoms with Gasteiger partial charge in [-0.1, -0.05) is 19.9 Å². The third-order valence-corrected chi connectivity index (χ3v) is 7.08. The van der Waals surface area contributed by atoms with E-state index < -0.39 is 48.1 Å². The fraction of sp³-hybridized carbons (Fsp3) is 0.429. The van der Waals surface area contributed by atoms with Crippen LogP contribution in [-0.2, 0) is 33.4 Å². The first-order valence-electron chi connectivity index (χ1n) is 10.8. The highest BCUT2D eigenvalue weighted by Gasteiger charge is 2.54. The Hall–Kier alpha value is -3.59. The van der Waals surface area contributed by atoms with Gasteiger partial charge < -0.3 is 31.0 Å². The molecule has 1 fully saturated rings. The molecule has 1 saturated heterocycles. The molecule has 13 nitrogen and oxygen atoms in total. The number of primary amides is 1. The predicted octanol–water partition coefficient (Wildman–Crippen LogP) is 0.722. The van der Waals surface area contributed by atoms with Crippen molar-refractivity contribution in [3.05, 3.63) is 28.4 Å². The third-order valence-electron chi connectivity index (χ3n) is 5.07. The number of hydrogen-bond donors (Lipinski definition) is 3. The zero-order chi connectivity index (χ0) is 26.4. The van der Waals surface area contributed by atoms with Gasteiger partial charge in [0.05, 0.1) is 11.3 Å². The van der Waals surface area contributed by atoms with Gasteiger partial charge in [-0.2, -0.15) is 0 Å². The Balaban J connectivity index is 1.77. The normalized spacial score (nSPS) is 19.2. The molecule has 0 radical (unpaired) electrons. The van der Waals surface area contributed by atoms with E-state index in [0.717, 1.165) is 4.90 Å². The van der Waals surface area contributed by atoms with Crippen molar-refractivity contribution in [3.63, 3.8) is 0 Å². The summed E-state index contributed by atoms with van der Waals surface area (Å²) in [6, 6.07) is -0.932. The highest BCUT2D eigenvalue weighted by atomic mass is 32.2. The van der Waals surface area contributed by atoms with Crippen molar-refractivity contribution in [2.45, 2.75) is 38.1 Å². The lowest BCUT2D eigenvalue weighted by atomic mass is 10.0. The van der Waals surface area contributed by atoms with Crippen LogP contribution in [0, 0.1) is 0 Å². The number of allylic oxidation sites excluding steroid dienone is 1. The van der Waals surface area contributed by atoms with E-state index in [4.69, 9.17) is 25.7 Å². The van der Waals surface area contributed by atoms with Crippen LogP contribution < -0.4 is 16.8 Å². The maximum Gasteiger partial charge on any atom is 0.404 e. The quantitative estimate of drug-likeness (QED) is 0.164. The van der Waals surface area contributed by atoms with E-state index in [2.05, 4.69) is 10.3 Å². The summed E-state index contributed by atoms with van der Waals surface area (Å²) in [5.74, 6) is -2.42. The Bertz CT molecular complexity index is 1130. The topological polar surface area (TPSA) is 193 Å². The lowest BCUT2D eigenvalue weighted by Crippen LogP contribution is -2.70. The molecule has 0 spiro atoms. The number of aromatic nitrogens is 1. The molecule has 5 N–H and O–H groups in total. The van der Waals surface area contributed by atoms with Crippen molar-refractivity contribution in [1.82, 2.24) is 15.2 Å². The Morgan fingerprint density at radius 1 is 1.25 bits per heavy atom. The summed E-state index contributed by atoms with van der Waals surface area (Å²) in [5, 5.41) is 4.03. The number of β-lactam (4-membered cyclic amide) rings is 1. The molecule has 3 heterocycles. The largest absolute Gasteiger partial charge is 0.445 e. The lowest BCUT2D eigenvalue weighted by molar-refractivity contribution is -0.167. The first-order chi connectivity index (χ1) is 17.2. The number of ether oxygens (including phenoxy) is 3. The van der Waals surface area contributed by atoms with E-state index in [1.165, 1.54) is 23.1 Å². The second-order valence-corrected chi connectivity index (χ2v) is 9.43. The van der Waals surface area contributed by atoms with E-state index in [0.29, 0.717) is 17.2 Å². The number of carbonyl (C=O) groups is 5. The summed E-state index contributed by atoms with van der Waals surface area (Å²) in [4.78, 5) is 66.6. The highest BCUT2D eigenvalue weighted by molar-refractivity contribution is 8.00. The molecule has 1 aromatic rings. The second-order valence-electron chi connectivity index (χ2n) is 7.44. The van der Waals surface area contributed by atoms with Crippen LogP contribution in [0.3, 0.4) is 0 Å². The summed E-state index contributed by atoms with van der Waals surface area (Å²) in [5.41, 5.74) is 11.5. The molecule has 2 unspecified atom stereocenters. The average Bonchev–Trinajstić information content (AvgIpc) is 3.28. The van der Waals surface area contributed by atoms with Gasteiger partial charge in [0.15, 0.2) is 5.13 Å². The van der Waals surface area contributed by atoms with Crippen molar-refractivity contribution < 1.29 is 38.2 Å². The van der Waals surface area contributed by atoms with Gasteiger partial charge in [0.25, 0.3) is 11.8 Å². The molecule has 0 saturated carbocycles. The SMILES string of the molecule is CC/C=C(\C(=O)NC1C(=O)N2C(C(=O)OCOC(=O)CC)=C(COC(N)=O)CSC12)c1csc(N)n1. The maximum absolute atomic E-state index is 13.1. The molecule has 0 aliphatic carbocycles. The number of nitrogen functional groups attached to an aromatic ring is 1. The van der Waals surface area contributed by atoms with Crippen LogP contribution in [0.25, 0.3) is 5.57 Å². The Labute approximate surface area is 214 Å². The smallest absolute Gasteiger partial charge is 0.404 e. The minimum Gasteiger partial charge on any atom is -0.445 e. The van der Waals surface area contributed by atoms with Gasteiger partial charge in [-0.25, -0.2) is 14.6 Å². The van der Waals surface area contributed by atoms with Crippen LogP contribution in [0.5, 0.6) is 0 Å². The molecule has 15 heteroatoms. The number of esters is 2. The summed E-state index contributed by atoms with van der Waals surface area (Å²) < 4.78 is 14.6. The molecular weight excluding hydrogens is 514 g/mol. The predicted molar refractivity (Wildman–Crippen MR) is 130 cm³/mol. The first-order valence-corrected chi connectivity index (χ1v) is 12.7. The van der Waals surface area contributed by atoms with Crippen molar-refractivity contribution >= 4 is 63.6 Å². The zero-order valence-corrected chi connectivity index (χ0v) is 21.1. The van der Waals surface area contributed by atoms with E-state index in [1.54, 1.807) is 18.4 Å². The van der Waals surface area contributed by atoms with Crippen molar-refractivity contribution in [3.8, 4) is 0 Å². The summed E-state index contributed by atoms with van der Waals surface area (Å²) in [7, 11) is 0. The van der Waals surface area contributed by atoms with Crippen LogP contribution in [0.4, 0.5) is 9.93 Å². The van der Waals surface area contributed by atoms with Crippen molar-refractivity contribution in [2.24, 2.45) is 5.73 Å². The number of amides is 3. The van der Waals surface area contributed by atoms with Crippen LogP contribution >= 0.6 is 23.1 Å². The molecule has 3 amide bonds. The number of nitrogens with one attached hydrogen (secondary N) is 1. The standard InChI is InChI=1S/C21H25N5O8S2/c1-3-5-11(12-8-36-20(22)24-12)16(28)25-14-17(29)26-15(19(30)34-9-33-13(27)4-2)10(6-32-21(23)31)7-35-18(14)26/h5,8,14,18H,3-4,6-7,9H2,1-2H3,(H2,22,24)(H2,23,31)(H,25,28)/b11-5-. The Kier molecular flexibility index (Phi) is 8.93. The molecule has 194 valence electrons. The molecular formula is C21H25N5O8S2. The van der Waals surface area contributed by atoms with E-state index in [-0.39, 0.29) is 35.6 Å². The summed E-state index contributed by atoms with van der Waals surface area (Å²) >= 11 is 2.45. The third kappa shape index (κ3) is 5.96. The molecule has 1 aromatic heterocycles. The minimum absolute atomic E-state index is 0.0879. The molecule has 2 aliphatic rings. The number of nitrogens with zero attached hydrogens (tertiary/aromatic N) is 2. The monoisotopic (exact) mass is 539 g/mol. The molecule has 0 aromatic carbocycles. The van der Waals surface area contributed by atoms with Crippen LogP contribution in [0.15, 0.2) is 22.7 Å². The molecule has 0 bridgehead atoms. The van der Waals surface area contributed by atoms with E-state index in [1.807, 2.05) is 6.92 Å². The average molecular weight is 540 g/mol. The fourth-order valence-electron chi connectivity index (χ4n) is 3.41. The van der Waals surface area contributed by atoms with Crippen molar-refractivity contribution in [2.75, 3.05) is 24.9 Å². The van der Waals surface area contributed by atoms with Gasteiger partial charge in [0.1, 0.15) is 23.7 Å². The van der Waals surface area contributed by atoms with Crippen LogP contribution in [-0.4, -0.2) is 70.3 Å². The maximum atomic E-state index is 13.1. The number of carbonyl (C=O) groups excluding carboxylic acids is 5. The lowest BCUT2D eigenvalue weighted by Gasteiger charge is -2.49. The number of rotatable bonds is 10. The Morgan fingerprint density at radius 3 is 2.61 bits per heavy atom. The first kappa shape index (κ1) is 27.0. The van der Waals surface area contributed by atoms with E-state index in [9.17, 15) is 24.0 Å². The van der Waals surface area contributed by atoms with Gasteiger partial charge in [0, 0.05) is 23.1 Å². The van der Waals surface area contributed by atoms with Gasteiger partial charge in [-0.15, -0.1) is 23.1 Å². The zero-order valence-electron chi connectivity index (χ0n) is 19.5. The summed E-state index contributed by atoms with van der Waals surface area (Å²) in [6.07, 6.45) is 1.26. The van der Waals surface area contributed by atoms with Crippen molar-refractivity contribution in [1.29, 1.82) is 0 Å². The van der Waals surface area contributed by atoms with Gasteiger partial charge in [-0.3, -0.25) is 19.3 Å². The molecule has 2 aliphatic heterocycles. The Morgan fingerprint density at radius 2 is 2.00 bits per heavy atom.